The van der Waals surface area contributed by atoms with Crippen LogP contribution in [0.5, 0.6) is 0 Å². The largest absolute Gasteiger partial charge is 0.422 e. The molecule has 0 atom stereocenters. The van der Waals surface area contributed by atoms with Crippen LogP contribution in [0.15, 0.2) is 42.5 Å². The fraction of sp³-hybridized carbons (Fsp3) is 0. The molecule has 0 bridgehead atoms. The van der Waals surface area contributed by atoms with Crippen LogP contribution in [-0.4, -0.2) is 10.9 Å². The lowest BCUT2D eigenvalue weighted by atomic mass is 10.1. The van der Waals surface area contributed by atoms with Crippen LogP contribution in [0, 0.1) is 15.9 Å². The van der Waals surface area contributed by atoms with Gasteiger partial charge in [-0.1, -0.05) is 24.3 Å². The number of carbonyl (C=O) groups is 1. The molecule has 0 aliphatic carbocycles. The molecular formula is C15H8FNO4. The van der Waals surface area contributed by atoms with E-state index in [1.54, 1.807) is 24.3 Å². The number of halogens is 1. The third-order valence-electron chi connectivity index (χ3n) is 3.08. The van der Waals surface area contributed by atoms with Crippen LogP contribution >= 0.6 is 0 Å². The van der Waals surface area contributed by atoms with E-state index in [0.29, 0.717) is 16.7 Å². The molecule has 6 heteroatoms. The Labute approximate surface area is 118 Å². The highest BCUT2D eigenvalue weighted by Gasteiger charge is 2.25. The van der Waals surface area contributed by atoms with Crippen molar-refractivity contribution in [3.05, 3.63) is 75.1 Å². The summed E-state index contributed by atoms with van der Waals surface area (Å²) in [4.78, 5) is 21.6. The molecule has 104 valence electrons. The summed E-state index contributed by atoms with van der Waals surface area (Å²) < 4.78 is 18.4. The highest BCUT2D eigenvalue weighted by atomic mass is 19.1. The fourth-order valence-electron chi connectivity index (χ4n) is 2.10. The molecule has 0 saturated heterocycles. The van der Waals surface area contributed by atoms with Gasteiger partial charge in [0, 0.05) is 11.6 Å². The highest BCUT2D eigenvalue weighted by Crippen LogP contribution is 2.31. The van der Waals surface area contributed by atoms with Gasteiger partial charge >= 0.3 is 11.7 Å². The summed E-state index contributed by atoms with van der Waals surface area (Å²) in [5, 5.41) is 10.7. The predicted octanol–water partition coefficient (Wildman–Crippen LogP) is 3.40. The second kappa shape index (κ2) is 4.82. The highest BCUT2D eigenvalue weighted by molar-refractivity contribution is 6.05. The molecule has 0 saturated carbocycles. The molecule has 2 aromatic carbocycles. The maximum Gasteiger partial charge on any atom is 0.344 e. The van der Waals surface area contributed by atoms with Gasteiger partial charge in [-0.2, -0.15) is 4.39 Å². The molecule has 0 fully saturated rings. The molecule has 1 aliphatic rings. The predicted molar refractivity (Wildman–Crippen MR) is 72.8 cm³/mol. The van der Waals surface area contributed by atoms with Crippen molar-refractivity contribution in [1.29, 1.82) is 0 Å². The molecule has 1 aliphatic heterocycles. The number of nitro groups is 1. The van der Waals surface area contributed by atoms with E-state index in [-0.39, 0.29) is 5.76 Å². The minimum atomic E-state index is -0.911. The van der Waals surface area contributed by atoms with Crippen LogP contribution in [0.4, 0.5) is 10.1 Å². The maximum atomic E-state index is 13.3. The Hall–Kier alpha value is -3.02. The number of hydrogen-bond donors (Lipinski definition) is 0. The number of nitrogens with zero attached hydrogens (tertiary/aromatic N) is 1. The van der Waals surface area contributed by atoms with Gasteiger partial charge in [-0.15, -0.1) is 0 Å². The van der Waals surface area contributed by atoms with Gasteiger partial charge in [-0.3, -0.25) is 10.1 Å². The Balaban J connectivity index is 2.06. The van der Waals surface area contributed by atoms with E-state index in [4.69, 9.17) is 4.74 Å². The van der Waals surface area contributed by atoms with E-state index < -0.39 is 22.4 Å². The molecular weight excluding hydrogens is 277 g/mol. The van der Waals surface area contributed by atoms with Crippen molar-refractivity contribution in [3.8, 4) is 0 Å². The number of rotatable bonds is 2. The smallest absolute Gasteiger partial charge is 0.344 e. The maximum absolute atomic E-state index is 13.3. The van der Waals surface area contributed by atoms with Crippen molar-refractivity contribution in [2.45, 2.75) is 0 Å². The summed E-state index contributed by atoms with van der Waals surface area (Å²) in [5.41, 5.74) is 0.791. The van der Waals surface area contributed by atoms with Crippen LogP contribution in [0.2, 0.25) is 0 Å². The lowest BCUT2D eigenvalue weighted by Crippen LogP contribution is -1.93. The molecule has 0 radical (unpaired) electrons. The first kappa shape index (κ1) is 13.0. The van der Waals surface area contributed by atoms with E-state index in [9.17, 15) is 19.3 Å². The molecule has 1 heterocycles. The fourth-order valence-corrected chi connectivity index (χ4v) is 2.10. The summed E-state index contributed by atoms with van der Waals surface area (Å²) >= 11 is 0. The van der Waals surface area contributed by atoms with Gasteiger partial charge in [-0.25, -0.2) is 4.79 Å². The lowest BCUT2D eigenvalue weighted by molar-refractivity contribution is -0.387. The number of hydrogen-bond acceptors (Lipinski definition) is 4. The second-order valence-corrected chi connectivity index (χ2v) is 4.41. The number of cyclic esters (lactones) is 1. The van der Waals surface area contributed by atoms with Gasteiger partial charge in [0.15, 0.2) is 0 Å². The van der Waals surface area contributed by atoms with E-state index in [0.717, 1.165) is 12.1 Å². The summed E-state index contributed by atoms with van der Waals surface area (Å²) in [6.45, 7) is 0. The molecule has 0 N–H and O–H groups in total. The topological polar surface area (TPSA) is 69.4 Å². The Morgan fingerprint density at radius 3 is 2.57 bits per heavy atom. The van der Waals surface area contributed by atoms with Gasteiger partial charge in [0.2, 0.25) is 5.82 Å². The standard InChI is InChI=1S/C15H8FNO4/c16-12-6-5-9(7-13(12)17(19)20)8-14-10-3-1-2-4-11(10)15(18)21-14/h1-8H/b14-8-. The van der Waals surface area contributed by atoms with Crippen molar-refractivity contribution in [1.82, 2.24) is 0 Å². The van der Waals surface area contributed by atoms with Crippen molar-refractivity contribution in [2.75, 3.05) is 0 Å². The van der Waals surface area contributed by atoms with Crippen molar-refractivity contribution >= 4 is 23.5 Å². The van der Waals surface area contributed by atoms with E-state index >= 15 is 0 Å². The summed E-state index contributed by atoms with van der Waals surface area (Å²) in [6, 6.07) is 10.3. The molecule has 0 amide bonds. The first-order valence-electron chi connectivity index (χ1n) is 6.03. The van der Waals surface area contributed by atoms with Crippen LogP contribution in [0.3, 0.4) is 0 Å². The molecule has 21 heavy (non-hydrogen) atoms. The first-order chi connectivity index (χ1) is 10.1. The van der Waals surface area contributed by atoms with E-state index in [1.165, 1.54) is 12.1 Å². The van der Waals surface area contributed by atoms with Gasteiger partial charge < -0.3 is 4.74 Å². The van der Waals surface area contributed by atoms with Crippen LogP contribution in [0.1, 0.15) is 21.5 Å². The minimum Gasteiger partial charge on any atom is -0.422 e. The van der Waals surface area contributed by atoms with E-state index in [1.807, 2.05) is 0 Å². The van der Waals surface area contributed by atoms with Crippen molar-refractivity contribution in [3.63, 3.8) is 0 Å². The normalized spacial score (nSPS) is 14.9. The first-order valence-corrected chi connectivity index (χ1v) is 6.03. The van der Waals surface area contributed by atoms with Crippen molar-refractivity contribution in [2.24, 2.45) is 0 Å². The monoisotopic (exact) mass is 285 g/mol. The number of carbonyl (C=O) groups excluding carboxylic acids is 1. The Bertz CT molecular complexity index is 798. The number of ether oxygens (including phenoxy) is 1. The Kier molecular flexibility index (Phi) is 2.98. The van der Waals surface area contributed by atoms with Gasteiger partial charge in [-0.05, 0) is 23.8 Å². The van der Waals surface area contributed by atoms with Crippen molar-refractivity contribution < 1.29 is 18.8 Å². The van der Waals surface area contributed by atoms with Gasteiger partial charge in [0.05, 0.1) is 10.5 Å². The van der Waals surface area contributed by atoms with Gasteiger partial charge in [0.25, 0.3) is 0 Å². The molecule has 0 aromatic heterocycles. The summed E-state index contributed by atoms with van der Waals surface area (Å²) in [5.74, 6) is -1.10. The average molecular weight is 285 g/mol. The third-order valence-corrected chi connectivity index (χ3v) is 3.08. The second-order valence-electron chi connectivity index (χ2n) is 4.41. The Morgan fingerprint density at radius 2 is 1.86 bits per heavy atom. The summed E-state index contributed by atoms with van der Waals surface area (Å²) in [6.07, 6.45) is 1.47. The number of esters is 1. The zero-order valence-electron chi connectivity index (χ0n) is 10.6. The Morgan fingerprint density at radius 1 is 1.14 bits per heavy atom. The minimum absolute atomic E-state index is 0.288. The number of benzene rings is 2. The quantitative estimate of drug-likeness (QED) is 0.481. The van der Waals surface area contributed by atoms with Gasteiger partial charge in [0.1, 0.15) is 5.76 Å². The van der Waals surface area contributed by atoms with Crippen LogP contribution in [-0.2, 0) is 4.74 Å². The number of nitro benzene ring substituents is 1. The van der Waals surface area contributed by atoms with Crippen LogP contribution in [0.25, 0.3) is 11.8 Å². The average Bonchev–Trinajstić information content (AvgIpc) is 2.78. The third kappa shape index (κ3) is 2.27. The molecule has 0 spiro atoms. The van der Waals surface area contributed by atoms with E-state index in [2.05, 4.69) is 0 Å². The lowest BCUT2D eigenvalue weighted by Gasteiger charge is -2.00. The van der Waals surface area contributed by atoms with Crippen LogP contribution < -0.4 is 0 Å². The summed E-state index contributed by atoms with van der Waals surface area (Å²) in [7, 11) is 0. The zero-order chi connectivity index (χ0) is 15.0. The number of fused-ring (bicyclic) bond motifs is 1. The molecule has 0 unspecified atom stereocenters. The molecule has 2 aromatic rings. The SMILES string of the molecule is O=C1O/C(=C\c2ccc(F)c([N+](=O)[O-])c2)c2ccccc21. The zero-order valence-corrected chi connectivity index (χ0v) is 10.6. The molecule has 3 rings (SSSR count). The molecule has 5 nitrogen and oxygen atoms in total.